The van der Waals surface area contributed by atoms with Crippen LogP contribution in [0.5, 0.6) is 11.5 Å². The van der Waals surface area contributed by atoms with Crippen LogP contribution in [0.15, 0.2) is 24.3 Å². The molecule has 0 aromatic heterocycles. The van der Waals surface area contributed by atoms with Crippen LogP contribution in [-0.4, -0.2) is 37.5 Å². The Labute approximate surface area is 125 Å². The molecule has 0 saturated heterocycles. The van der Waals surface area contributed by atoms with Crippen molar-refractivity contribution in [1.29, 1.82) is 0 Å². The lowest BCUT2D eigenvalue weighted by molar-refractivity contribution is -0.131. The fraction of sp³-hybridized carbons (Fsp3) is 0.438. The van der Waals surface area contributed by atoms with Crippen molar-refractivity contribution in [3.8, 4) is 11.5 Å². The number of aliphatic carboxylic acids is 1. The second-order valence-corrected chi connectivity index (χ2v) is 4.24. The average molecular weight is 294 g/mol. The molecule has 1 rings (SSSR count). The van der Waals surface area contributed by atoms with Crippen LogP contribution in [0, 0.1) is 0 Å². The van der Waals surface area contributed by atoms with E-state index in [1.54, 1.807) is 18.2 Å². The van der Waals surface area contributed by atoms with Crippen LogP contribution in [0.4, 0.5) is 0 Å². The second kappa shape index (κ2) is 9.83. The van der Waals surface area contributed by atoms with E-state index in [4.69, 9.17) is 19.3 Å². The Morgan fingerprint density at radius 3 is 2.67 bits per heavy atom. The summed E-state index contributed by atoms with van der Waals surface area (Å²) < 4.78 is 16.6. The Kier molecular flexibility index (Phi) is 7.97. The van der Waals surface area contributed by atoms with Gasteiger partial charge in [0.15, 0.2) is 11.5 Å². The molecule has 21 heavy (non-hydrogen) atoms. The van der Waals surface area contributed by atoms with E-state index in [1.165, 1.54) is 6.08 Å². The van der Waals surface area contributed by atoms with Crippen LogP contribution in [0.2, 0.25) is 0 Å². The fourth-order valence-corrected chi connectivity index (χ4v) is 1.70. The van der Waals surface area contributed by atoms with Gasteiger partial charge < -0.3 is 19.3 Å². The zero-order valence-electron chi connectivity index (χ0n) is 12.5. The van der Waals surface area contributed by atoms with Gasteiger partial charge in [0.2, 0.25) is 0 Å². The van der Waals surface area contributed by atoms with E-state index < -0.39 is 5.97 Å². The van der Waals surface area contributed by atoms with Crippen molar-refractivity contribution in [2.24, 2.45) is 0 Å². The normalized spacial score (nSPS) is 10.8. The summed E-state index contributed by atoms with van der Waals surface area (Å²) in [6.45, 7) is 6.00. The molecule has 0 saturated carbocycles. The zero-order valence-corrected chi connectivity index (χ0v) is 12.5. The number of rotatable bonds is 10. The number of hydrogen-bond acceptors (Lipinski definition) is 4. The van der Waals surface area contributed by atoms with Gasteiger partial charge in [-0.05, 0) is 25.5 Å². The van der Waals surface area contributed by atoms with Crippen molar-refractivity contribution in [3.63, 3.8) is 0 Å². The Bertz CT molecular complexity index is 468. The lowest BCUT2D eigenvalue weighted by Gasteiger charge is -2.14. The molecule has 0 amide bonds. The van der Waals surface area contributed by atoms with E-state index in [0.717, 1.165) is 12.5 Å². The van der Waals surface area contributed by atoms with Gasteiger partial charge in [-0.15, -0.1) is 0 Å². The van der Waals surface area contributed by atoms with Gasteiger partial charge in [-0.2, -0.15) is 0 Å². The summed E-state index contributed by atoms with van der Waals surface area (Å²) in [6.07, 6.45) is 3.53. The van der Waals surface area contributed by atoms with Gasteiger partial charge in [-0.1, -0.05) is 19.1 Å². The predicted octanol–water partition coefficient (Wildman–Crippen LogP) is 2.99. The standard InChI is InChI=1S/C16H22O5/c1-3-10-19-11-12-21-16-13(8-9-15(17)18)6-5-7-14(16)20-4-2/h5-9H,3-4,10-12H2,1-2H3,(H,17,18)/b9-8+. The van der Waals surface area contributed by atoms with Crippen molar-refractivity contribution in [2.75, 3.05) is 26.4 Å². The first-order valence-electron chi connectivity index (χ1n) is 7.06. The van der Waals surface area contributed by atoms with Crippen LogP contribution in [0.25, 0.3) is 6.08 Å². The number of benzene rings is 1. The van der Waals surface area contributed by atoms with Crippen molar-refractivity contribution in [3.05, 3.63) is 29.8 Å². The van der Waals surface area contributed by atoms with Gasteiger partial charge in [0.25, 0.3) is 0 Å². The Balaban J connectivity index is 2.81. The van der Waals surface area contributed by atoms with Crippen molar-refractivity contribution >= 4 is 12.0 Å². The molecule has 0 unspecified atom stereocenters. The summed E-state index contributed by atoms with van der Waals surface area (Å²) in [4.78, 5) is 10.6. The van der Waals surface area contributed by atoms with Gasteiger partial charge in [0.05, 0.1) is 13.2 Å². The smallest absolute Gasteiger partial charge is 0.328 e. The molecule has 0 bridgehead atoms. The Morgan fingerprint density at radius 1 is 1.19 bits per heavy atom. The summed E-state index contributed by atoms with van der Waals surface area (Å²) in [5.74, 6) is 0.131. The predicted molar refractivity (Wildman–Crippen MR) is 80.9 cm³/mol. The van der Waals surface area contributed by atoms with E-state index in [-0.39, 0.29) is 0 Å². The van der Waals surface area contributed by atoms with Crippen molar-refractivity contribution < 1.29 is 24.1 Å². The molecular formula is C16H22O5. The maximum Gasteiger partial charge on any atom is 0.328 e. The lowest BCUT2D eigenvalue weighted by atomic mass is 10.1. The van der Waals surface area contributed by atoms with E-state index in [2.05, 4.69) is 0 Å². The number of carboxylic acid groups (broad SMARTS) is 1. The Morgan fingerprint density at radius 2 is 2.00 bits per heavy atom. The minimum absolute atomic E-state index is 0.387. The highest BCUT2D eigenvalue weighted by molar-refractivity contribution is 5.86. The molecule has 0 aliphatic heterocycles. The molecule has 5 nitrogen and oxygen atoms in total. The highest BCUT2D eigenvalue weighted by Crippen LogP contribution is 2.32. The summed E-state index contributed by atoms with van der Waals surface area (Å²) in [5, 5.41) is 8.73. The maximum absolute atomic E-state index is 10.6. The van der Waals surface area contributed by atoms with E-state index in [9.17, 15) is 4.79 Å². The minimum Gasteiger partial charge on any atom is -0.490 e. The van der Waals surface area contributed by atoms with Gasteiger partial charge in [-0.25, -0.2) is 4.79 Å². The number of para-hydroxylation sites is 1. The van der Waals surface area contributed by atoms with Crippen LogP contribution in [-0.2, 0) is 9.53 Å². The third-order valence-corrected chi connectivity index (χ3v) is 2.54. The van der Waals surface area contributed by atoms with Crippen LogP contribution < -0.4 is 9.47 Å². The first kappa shape index (κ1) is 17.0. The van der Waals surface area contributed by atoms with Gasteiger partial charge in [-0.3, -0.25) is 0 Å². The van der Waals surface area contributed by atoms with Crippen LogP contribution in [0.1, 0.15) is 25.8 Å². The van der Waals surface area contributed by atoms with Crippen molar-refractivity contribution in [2.45, 2.75) is 20.3 Å². The Hall–Kier alpha value is -2.01. The molecule has 0 heterocycles. The summed E-state index contributed by atoms with van der Waals surface area (Å²) in [6, 6.07) is 5.38. The molecule has 0 fully saturated rings. The van der Waals surface area contributed by atoms with E-state index >= 15 is 0 Å². The lowest BCUT2D eigenvalue weighted by Crippen LogP contribution is -2.09. The number of hydrogen-bond donors (Lipinski definition) is 1. The second-order valence-electron chi connectivity index (χ2n) is 4.24. The summed E-state index contributed by atoms with van der Waals surface area (Å²) in [7, 11) is 0. The summed E-state index contributed by atoms with van der Waals surface area (Å²) in [5.41, 5.74) is 0.666. The van der Waals surface area contributed by atoms with Crippen molar-refractivity contribution in [1.82, 2.24) is 0 Å². The zero-order chi connectivity index (χ0) is 15.5. The number of carbonyl (C=O) groups is 1. The highest BCUT2D eigenvalue weighted by atomic mass is 16.5. The minimum atomic E-state index is -1.01. The van der Waals surface area contributed by atoms with Gasteiger partial charge >= 0.3 is 5.97 Å². The quantitative estimate of drug-likeness (QED) is 0.531. The van der Waals surface area contributed by atoms with Crippen LogP contribution >= 0.6 is 0 Å². The average Bonchev–Trinajstić information content (AvgIpc) is 2.46. The first-order chi connectivity index (χ1) is 10.2. The molecule has 1 N–H and O–H groups in total. The molecule has 1 aromatic rings. The maximum atomic E-state index is 10.6. The first-order valence-corrected chi connectivity index (χ1v) is 7.06. The third kappa shape index (κ3) is 6.31. The molecule has 5 heteroatoms. The van der Waals surface area contributed by atoms with E-state index in [1.807, 2.05) is 13.8 Å². The fourth-order valence-electron chi connectivity index (χ4n) is 1.70. The number of ether oxygens (including phenoxy) is 3. The highest BCUT2D eigenvalue weighted by Gasteiger charge is 2.09. The largest absolute Gasteiger partial charge is 0.490 e. The molecular weight excluding hydrogens is 272 g/mol. The molecule has 0 atom stereocenters. The number of carboxylic acids is 1. The molecule has 0 radical (unpaired) electrons. The molecule has 0 aliphatic rings. The monoisotopic (exact) mass is 294 g/mol. The molecule has 0 spiro atoms. The molecule has 1 aromatic carbocycles. The van der Waals surface area contributed by atoms with Gasteiger partial charge in [0, 0.05) is 18.2 Å². The SMILES string of the molecule is CCCOCCOc1c(/C=C/C(=O)O)cccc1OCC. The third-order valence-electron chi connectivity index (χ3n) is 2.54. The topological polar surface area (TPSA) is 65.0 Å². The molecule has 0 aliphatic carbocycles. The molecule has 116 valence electrons. The van der Waals surface area contributed by atoms with E-state index in [0.29, 0.717) is 43.5 Å². The summed E-state index contributed by atoms with van der Waals surface area (Å²) >= 11 is 0. The van der Waals surface area contributed by atoms with Crippen LogP contribution in [0.3, 0.4) is 0 Å². The van der Waals surface area contributed by atoms with Gasteiger partial charge in [0.1, 0.15) is 6.61 Å².